The standard InChI is InChI=1S/C11H14FN/c1-7(2)10-6-13-11-5-8(12)3-4-9(10)11/h3-5,7,10,13H,6H2,1-2H3. The van der Waals surface area contributed by atoms with E-state index in [9.17, 15) is 4.39 Å². The van der Waals surface area contributed by atoms with Gasteiger partial charge in [0, 0.05) is 18.2 Å². The maximum absolute atomic E-state index is 12.9. The average molecular weight is 179 g/mol. The Morgan fingerprint density at radius 3 is 2.92 bits per heavy atom. The molecule has 0 radical (unpaired) electrons. The van der Waals surface area contributed by atoms with Crippen LogP contribution in [0.1, 0.15) is 25.3 Å². The maximum Gasteiger partial charge on any atom is 0.125 e. The number of hydrogen-bond donors (Lipinski definition) is 1. The van der Waals surface area contributed by atoms with Crippen LogP contribution in [-0.2, 0) is 0 Å². The summed E-state index contributed by atoms with van der Waals surface area (Å²) in [4.78, 5) is 0. The van der Waals surface area contributed by atoms with Crippen molar-refractivity contribution in [3.05, 3.63) is 29.6 Å². The number of nitrogens with one attached hydrogen (secondary N) is 1. The quantitative estimate of drug-likeness (QED) is 0.698. The number of halogens is 1. The molecule has 1 heterocycles. The summed E-state index contributed by atoms with van der Waals surface area (Å²) in [5.41, 5.74) is 2.23. The van der Waals surface area contributed by atoms with Crippen LogP contribution in [0.4, 0.5) is 10.1 Å². The van der Waals surface area contributed by atoms with Gasteiger partial charge in [-0.3, -0.25) is 0 Å². The van der Waals surface area contributed by atoms with Gasteiger partial charge in [0.05, 0.1) is 0 Å². The zero-order valence-electron chi connectivity index (χ0n) is 7.97. The molecule has 1 aromatic rings. The first-order valence-electron chi connectivity index (χ1n) is 4.72. The van der Waals surface area contributed by atoms with Crippen LogP contribution in [0.15, 0.2) is 18.2 Å². The number of benzene rings is 1. The molecule has 1 N–H and O–H groups in total. The van der Waals surface area contributed by atoms with Crippen molar-refractivity contribution < 1.29 is 4.39 Å². The second-order valence-electron chi connectivity index (χ2n) is 3.96. The van der Waals surface area contributed by atoms with Gasteiger partial charge in [0.15, 0.2) is 0 Å². The first kappa shape index (κ1) is 8.54. The van der Waals surface area contributed by atoms with Crippen molar-refractivity contribution in [1.82, 2.24) is 0 Å². The molecular formula is C11H14FN. The highest BCUT2D eigenvalue weighted by molar-refractivity contribution is 5.58. The summed E-state index contributed by atoms with van der Waals surface area (Å²) < 4.78 is 12.9. The first-order valence-corrected chi connectivity index (χ1v) is 4.72. The highest BCUT2D eigenvalue weighted by atomic mass is 19.1. The minimum Gasteiger partial charge on any atom is -0.384 e. The van der Waals surface area contributed by atoms with Gasteiger partial charge in [0.2, 0.25) is 0 Å². The lowest BCUT2D eigenvalue weighted by molar-refractivity contribution is 0.533. The molecule has 1 atom stereocenters. The van der Waals surface area contributed by atoms with Crippen LogP contribution in [0.5, 0.6) is 0 Å². The molecule has 0 amide bonds. The van der Waals surface area contributed by atoms with E-state index in [2.05, 4.69) is 19.2 Å². The molecule has 0 saturated carbocycles. The van der Waals surface area contributed by atoms with Crippen LogP contribution in [-0.4, -0.2) is 6.54 Å². The Hall–Kier alpha value is -1.05. The van der Waals surface area contributed by atoms with Gasteiger partial charge in [-0.25, -0.2) is 4.39 Å². The van der Waals surface area contributed by atoms with Gasteiger partial charge in [0.1, 0.15) is 5.82 Å². The van der Waals surface area contributed by atoms with Crippen molar-refractivity contribution in [2.45, 2.75) is 19.8 Å². The highest BCUT2D eigenvalue weighted by Crippen LogP contribution is 2.36. The Labute approximate surface area is 78.0 Å². The Morgan fingerprint density at radius 2 is 2.23 bits per heavy atom. The third-order valence-corrected chi connectivity index (χ3v) is 2.73. The van der Waals surface area contributed by atoms with Crippen LogP contribution in [0.25, 0.3) is 0 Å². The van der Waals surface area contributed by atoms with Gasteiger partial charge in [0.25, 0.3) is 0 Å². The van der Waals surface area contributed by atoms with Crippen LogP contribution in [0.3, 0.4) is 0 Å². The summed E-state index contributed by atoms with van der Waals surface area (Å²) in [6.07, 6.45) is 0. The van der Waals surface area contributed by atoms with E-state index in [0.717, 1.165) is 12.2 Å². The second kappa shape index (κ2) is 3.02. The van der Waals surface area contributed by atoms with Crippen molar-refractivity contribution in [2.24, 2.45) is 5.92 Å². The van der Waals surface area contributed by atoms with Gasteiger partial charge in [-0.15, -0.1) is 0 Å². The van der Waals surface area contributed by atoms with E-state index >= 15 is 0 Å². The summed E-state index contributed by atoms with van der Waals surface area (Å²) in [6, 6.07) is 5.02. The van der Waals surface area contributed by atoms with Crippen molar-refractivity contribution in [2.75, 3.05) is 11.9 Å². The molecule has 1 nitrogen and oxygen atoms in total. The normalized spacial score (nSPS) is 20.2. The number of rotatable bonds is 1. The van der Waals surface area contributed by atoms with Crippen LogP contribution < -0.4 is 5.32 Å². The van der Waals surface area contributed by atoms with Crippen molar-refractivity contribution >= 4 is 5.69 Å². The molecule has 70 valence electrons. The fourth-order valence-corrected chi connectivity index (χ4v) is 1.93. The molecule has 0 aromatic heterocycles. The van der Waals surface area contributed by atoms with E-state index in [4.69, 9.17) is 0 Å². The molecule has 1 aliphatic heterocycles. The van der Waals surface area contributed by atoms with Crippen LogP contribution in [0, 0.1) is 11.7 Å². The summed E-state index contributed by atoms with van der Waals surface area (Å²) in [5, 5.41) is 3.23. The van der Waals surface area contributed by atoms with E-state index in [1.54, 1.807) is 12.1 Å². The lowest BCUT2D eigenvalue weighted by atomic mass is 9.90. The van der Waals surface area contributed by atoms with Crippen molar-refractivity contribution in [3.63, 3.8) is 0 Å². The molecular weight excluding hydrogens is 165 g/mol. The summed E-state index contributed by atoms with van der Waals surface area (Å²) >= 11 is 0. The summed E-state index contributed by atoms with van der Waals surface area (Å²) in [6.45, 7) is 5.34. The van der Waals surface area contributed by atoms with Gasteiger partial charge in [-0.1, -0.05) is 19.9 Å². The van der Waals surface area contributed by atoms with E-state index in [0.29, 0.717) is 11.8 Å². The zero-order chi connectivity index (χ0) is 9.42. The Balaban J connectivity index is 2.38. The molecule has 2 rings (SSSR count). The van der Waals surface area contributed by atoms with Crippen molar-refractivity contribution in [3.8, 4) is 0 Å². The maximum atomic E-state index is 12.9. The predicted octanol–water partition coefficient (Wildman–Crippen LogP) is 2.99. The molecule has 0 saturated heterocycles. The molecule has 0 bridgehead atoms. The molecule has 2 heteroatoms. The lowest BCUT2D eigenvalue weighted by Crippen LogP contribution is -2.08. The topological polar surface area (TPSA) is 12.0 Å². The predicted molar refractivity (Wildman–Crippen MR) is 52.5 cm³/mol. The molecule has 1 unspecified atom stereocenters. The van der Waals surface area contributed by atoms with Crippen LogP contribution in [0.2, 0.25) is 0 Å². The van der Waals surface area contributed by atoms with Gasteiger partial charge >= 0.3 is 0 Å². The third kappa shape index (κ3) is 1.41. The SMILES string of the molecule is CC(C)C1CNc2cc(F)ccc21. The third-order valence-electron chi connectivity index (χ3n) is 2.73. The molecule has 0 spiro atoms. The monoisotopic (exact) mass is 179 g/mol. The fraction of sp³-hybridized carbons (Fsp3) is 0.455. The molecule has 0 fully saturated rings. The van der Waals surface area contributed by atoms with E-state index in [1.807, 2.05) is 6.07 Å². The lowest BCUT2D eigenvalue weighted by Gasteiger charge is -2.13. The first-order chi connectivity index (χ1) is 6.18. The second-order valence-corrected chi connectivity index (χ2v) is 3.96. The number of hydrogen-bond acceptors (Lipinski definition) is 1. The average Bonchev–Trinajstić information content (AvgIpc) is 2.46. The minimum atomic E-state index is -0.157. The zero-order valence-corrected chi connectivity index (χ0v) is 7.97. The fourth-order valence-electron chi connectivity index (χ4n) is 1.93. The van der Waals surface area contributed by atoms with Gasteiger partial charge in [-0.2, -0.15) is 0 Å². The van der Waals surface area contributed by atoms with Gasteiger partial charge < -0.3 is 5.32 Å². The Kier molecular flexibility index (Phi) is 1.98. The van der Waals surface area contributed by atoms with E-state index in [1.165, 1.54) is 5.56 Å². The summed E-state index contributed by atoms with van der Waals surface area (Å²) in [5.74, 6) is 0.991. The van der Waals surface area contributed by atoms with E-state index < -0.39 is 0 Å². The molecule has 0 aliphatic carbocycles. The Morgan fingerprint density at radius 1 is 1.46 bits per heavy atom. The van der Waals surface area contributed by atoms with E-state index in [-0.39, 0.29) is 5.82 Å². The smallest absolute Gasteiger partial charge is 0.125 e. The molecule has 1 aliphatic rings. The molecule has 1 aromatic carbocycles. The summed E-state index contributed by atoms with van der Waals surface area (Å²) in [7, 11) is 0. The highest BCUT2D eigenvalue weighted by Gasteiger charge is 2.24. The molecule has 13 heavy (non-hydrogen) atoms. The number of anilines is 1. The Bertz CT molecular complexity index is 320. The van der Waals surface area contributed by atoms with Gasteiger partial charge in [-0.05, 0) is 23.6 Å². The minimum absolute atomic E-state index is 0.157. The largest absolute Gasteiger partial charge is 0.384 e. The van der Waals surface area contributed by atoms with Crippen molar-refractivity contribution in [1.29, 1.82) is 0 Å². The van der Waals surface area contributed by atoms with Crippen LogP contribution >= 0.6 is 0 Å². The number of fused-ring (bicyclic) bond motifs is 1.